The van der Waals surface area contributed by atoms with Crippen LogP contribution in [0.3, 0.4) is 0 Å². The maximum atomic E-state index is 13.8. The van der Waals surface area contributed by atoms with Crippen LogP contribution >= 0.6 is 0 Å². The van der Waals surface area contributed by atoms with Gasteiger partial charge in [0.25, 0.3) is 0 Å². The zero-order chi connectivity index (χ0) is 16.4. The molecular weight excluding hydrogens is 295 g/mol. The number of benzene rings is 1. The van der Waals surface area contributed by atoms with Crippen LogP contribution in [0, 0.1) is 19.7 Å². The zero-order valence-corrected chi connectivity index (χ0v) is 13.5. The molecule has 1 aromatic heterocycles. The Balaban J connectivity index is 1.61. The Morgan fingerprint density at radius 2 is 1.91 bits per heavy atom. The van der Waals surface area contributed by atoms with Gasteiger partial charge in [0.05, 0.1) is 17.8 Å². The average Bonchev–Trinajstić information content (AvgIpc) is 2.87. The quantitative estimate of drug-likeness (QED) is 0.943. The summed E-state index contributed by atoms with van der Waals surface area (Å²) in [7, 11) is 0. The zero-order valence-electron chi connectivity index (χ0n) is 13.5. The van der Waals surface area contributed by atoms with Crippen molar-refractivity contribution in [2.45, 2.75) is 20.3 Å². The van der Waals surface area contributed by atoms with E-state index in [0.29, 0.717) is 38.3 Å². The summed E-state index contributed by atoms with van der Waals surface area (Å²) in [6.45, 7) is 6.36. The monoisotopic (exact) mass is 316 g/mol. The molecule has 0 atom stereocenters. The van der Waals surface area contributed by atoms with Crippen LogP contribution in [0.1, 0.15) is 17.0 Å². The number of carbonyl (C=O) groups excluding carboxylic acids is 1. The minimum atomic E-state index is -0.211. The first-order chi connectivity index (χ1) is 11.1. The van der Waals surface area contributed by atoms with Crippen LogP contribution in [0.5, 0.6) is 0 Å². The first-order valence-corrected chi connectivity index (χ1v) is 7.84. The van der Waals surface area contributed by atoms with Crippen molar-refractivity contribution in [3.63, 3.8) is 0 Å². The number of aromatic nitrogens is 2. The van der Waals surface area contributed by atoms with Crippen molar-refractivity contribution in [3.05, 3.63) is 47.0 Å². The number of hydrogen-bond acceptors (Lipinski definition) is 3. The second-order valence-electron chi connectivity index (χ2n) is 5.91. The van der Waals surface area contributed by atoms with Crippen molar-refractivity contribution < 1.29 is 9.18 Å². The fraction of sp³-hybridized carbons (Fsp3) is 0.412. The van der Waals surface area contributed by atoms with Gasteiger partial charge in [0, 0.05) is 37.4 Å². The lowest BCUT2D eigenvalue weighted by atomic mass is 10.1. The molecule has 1 aliphatic heterocycles. The highest BCUT2D eigenvalue weighted by Gasteiger charge is 2.23. The van der Waals surface area contributed by atoms with Crippen LogP contribution in [0.25, 0.3) is 0 Å². The molecule has 23 heavy (non-hydrogen) atoms. The Morgan fingerprint density at radius 3 is 2.52 bits per heavy atom. The molecule has 0 saturated carbocycles. The largest absolute Gasteiger partial charge is 0.366 e. The lowest BCUT2D eigenvalue weighted by Gasteiger charge is -2.36. The van der Waals surface area contributed by atoms with E-state index in [0.717, 1.165) is 17.0 Å². The summed E-state index contributed by atoms with van der Waals surface area (Å²) in [4.78, 5) is 16.3. The molecular formula is C17H21FN4O. The van der Waals surface area contributed by atoms with E-state index in [-0.39, 0.29) is 11.7 Å². The molecule has 3 rings (SSSR count). The van der Waals surface area contributed by atoms with Gasteiger partial charge in [-0.25, -0.2) is 4.39 Å². The maximum absolute atomic E-state index is 13.8. The fourth-order valence-electron chi connectivity index (χ4n) is 3.00. The number of piperazine rings is 1. The highest BCUT2D eigenvalue weighted by molar-refractivity contribution is 5.79. The van der Waals surface area contributed by atoms with E-state index < -0.39 is 0 Å². The molecule has 1 fully saturated rings. The number of amides is 1. The molecule has 1 saturated heterocycles. The second kappa shape index (κ2) is 6.40. The number of nitrogens with zero attached hydrogens (tertiary/aromatic N) is 3. The smallest absolute Gasteiger partial charge is 0.227 e. The Bertz CT molecular complexity index is 685. The second-order valence-corrected chi connectivity index (χ2v) is 5.91. The van der Waals surface area contributed by atoms with E-state index in [1.165, 1.54) is 6.07 Å². The van der Waals surface area contributed by atoms with Gasteiger partial charge in [-0.3, -0.25) is 9.89 Å². The molecule has 0 spiro atoms. The summed E-state index contributed by atoms with van der Waals surface area (Å²) >= 11 is 0. The van der Waals surface area contributed by atoms with Gasteiger partial charge in [-0.05, 0) is 26.0 Å². The molecule has 5 nitrogen and oxygen atoms in total. The summed E-state index contributed by atoms with van der Waals surface area (Å²) < 4.78 is 13.8. The number of rotatable bonds is 3. The lowest BCUT2D eigenvalue weighted by Crippen LogP contribution is -2.49. The molecule has 1 amide bonds. The Hall–Kier alpha value is -2.37. The molecule has 1 N–H and O–H groups in total. The number of halogens is 1. The number of carbonyl (C=O) groups is 1. The van der Waals surface area contributed by atoms with Gasteiger partial charge in [-0.2, -0.15) is 5.10 Å². The van der Waals surface area contributed by atoms with Crippen LogP contribution in [0.15, 0.2) is 24.3 Å². The minimum absolute atomic E-state index is 0.103. The van der Waals surface area contributed by atoms with Crippen molar-refractivity contribution in [2.75, 3.05) is 31.1 Å². The Morgan fingerprint density at radius 1 is 1.22 bits per heavy atom. The van der Waals surface area contributed by atoms with E-state index >= 15 is 0 Å². The predicted octanol–water partition coefficient (Wildman–Crippen LogP) is 2.06. The molecule has 0 bridgehead atoms. The van der Waals surface area contributed by atoms with Gasteiger partial charge in [0.15, 0.2) is 0 Å². The summed E-state index contributed by atoms with van der Waals surface area (Å²) in [5.41, 5.74) is 3.41. The van der Waals surface area contributed by atoms with Gasteiger partial charge in [-0.15, -0.1) is 0 Å². The van der Waals surface area contributed by atoms with Crippen molar-refractivity contribution in [3.8, 4) is 0 Å². The van der Waals surface area contributed by atoms with Crippen molar-refractivity contribution in [1.29, 1.82) is 0 Å². The van der Waals surface area contributed by atoms with Crippen LogP contribution in [0.4, 0.5) is 10.1 Å². The van der Waals surface area contributed by atoms with Gasteiger partial charge in [0.2, 0.25) is 5.91 Å². The molecule has 0 unspecified atom stereocenters. The van der Waals surface area contributed by atoms with Crippen molar-refractivity contribution in [2.24, 2.45) is 0 Å². The molecule has 2 aromatic rings. The number of aromatic amines is 1. The average molecular weight is 316 g/mol. The number of H-pyrrole nitrogens is 1. The first-order valence-electron chi connectivity index (χ1n) is 7.84. The van der Waals surface area contributed by atoms with Gasteiger partial charge in [-0.1, -0.05) is 12.1 Å². The molecule has 1 aliphatic rings. The Labute approximate surface area is 135 Å². The molecule has 1 aromatic carbocycles. The summed E-state index contributed by atoms with van der Waals surface area (Å²) in [6, 6.07) is 6.77. The van der Waals surface area contributed by atoms with E-state index in [9.17, 15) is 9.18 Å². The van der Waals surface area contributed by atoms with Crippen LogP contribution < -0.4 is 4.90 Å². The third-order valence-electron chi connectivity index (χ3n) is 4.43. The first kappa shape index (κ1) is 15.5. The minimum Gasteiger partial charge on any atom is -0.366 e. The lowest BCUT2D eigenvalue weighted by molar-refractivity contribution is -0.130. The van der Waals surface area contributed by atoms with E-state index in [1.807, 2.05) is 29.7 Å². The molecule has 6 heteroatoms. The number of para-hydroxylation sites is 1. The maximum Gasteiger partial charge on any atom is 0.227 e. The SMILES string of the molecule is Cc1n[nH]c(C)c1CC(=O)N1CCN(c2ccccc2F)CC1. The van der Waals surface area contributed by atoms with E-state index in [4.69, 9.17) is 0 Å². The topological polar surface area (TPSA) is 52.2 Å². The van der Waals surface area contributed by atoms with E-state index in [1.54, 1.807) is 12.1 Å². The number of nitrogens with one attached hydrogen (secondary N) is 1. The highest BCUT2D eigenvalue weighted by atomic mass is 19.1. The third-order valence-corrected chi connectivity index (χ3v) is 4.43. The van der Waals surface area contributed by atoms with Crippen LogP contribution in [-0.2, 0) is 11.2 Å². The molecule has 2 heterocycles. The molecule has 0 aliphatic carbocycles. The fourth-order valence-corrected chi connectivity index (χ4v) is 3.00. The molecule has 0 radical (unpaired) electrons. The third kappa shape index (κ3) is 3.21. The Kier molecular flexibility index (Phi) is 4.32. The van der Waals surface area contributed by atoms with Gasteiger partial charge < -0.3 is 9.80 Å². The summed E-state index contributed by atoms with van der Waals surface area (Å²) in [6.07, 6.45) is 0.369. The van der Waals surface area contributed by atoms with Crippen LogP contribution in [0.2, 0.25) is 0 Å². The van der Waals surface area contributed by atoms with Crippen molar-refractivity contribution in [1.82, 2.24) is 15.1 Å². The van der Waals surface area contributed by atoms with Crippen LogP contribution in [-0.4, -0.2) is 47.2 Å². The standard InChI is InChI=1S/C17H21FN4O/c1-12-14(13(2)20-19-12)11-17(23)22-9-7-21(8-10-22)16-6-4-3-5-15(16)18/h3-6H,7-11H2,1-2H3,(H,19,20). The molecule has 122 valence electrons. The normalized spacial score (nSPS) is 15.1. The number of anilines is 1. The summed E-state index contributed by atoms with van der Waals surface area (Å²) in [5, 5.41) is 7.04. The van der Waals surface area contributed by atoms with Gasteiger partial charge in [0.1, 0.15) is 5.82 Å². The van der Waals surface area contributed by atoms with E-state index in [2.05, 4.69) is 10.2 Å². The number of aryl methyl sites for hydroxylation is 2. The summed E-state index contributed by atoms with van der Waals surface area (Å²) in [5.74, 6) is -0.109. The van der Waals surface area contributed by atoms with Crippen molar-refractivity contribution >= 4 is 11.6 Å². The predicted molar refractivity (Wildman–Crippen MR) is 87.0 cm³/mol. The number of hydrogen-bond donors (Lipinski definition) is 1. The van der Waals surface area contributed by atoms with Gasteiger partial charge >= 0.3 is 0 Å². The highest BCUT2D eigenvalue weighted by Crippen LogP contribution is 2.20.